The molecule has 1 aliphatic carbocycles. The van der Waals surface area contributed by atoms with Crippen molar-refractivity contribution < 1.29 is 18.8 Å². The van der Waals surface area contributed by atoms with Gasteiger partial charge in [0.05, 0.1) is 6.61 Å². The minimum Gasteiger partial charge on any atom is -0.461 e. The molecular formula is C13H13NO4. The number of hydrogen-bond acceptors (Lipinski definition) is 5. The highest BCUT2D eigenvalue weighted by Gasteiger charge is 2.20. The maximum Gasteiger partial charge on any atom is 0.360 e. The molecule has 0 fully saturated rings. The Kier molecular flexibility index (Phi) is 3.72. The standard InChI is InChI=1S/C13H13NO4/c1-2-17-13(16)10-8-11(18-14-10)12(15)9-6-4-3-5-7-9/h4,6-8H,2-3,5H2,1H3. The number of aromatic nitrogens is 1. The van der Waals surface area contributed by atoms with Crippen LogP contribution >= 0.6 is 0 Å². The molecule has 1 aliphatic rings. The second-order valence-corrected chi connectivity index (χ2v) is 3.77. The van der Waals surface area contributed by atoms with Gasteiger partial charge in [0.15, 0.2) is 5.69 Å². The number of ketones is 1. The van der Waals surface area contributed by atoms with Gasteiger partial charge >= 0.3 is 5.97 Å². The van der Waals surface area contributed by atoms with Gasteiger partial charge in [-0.2, -0.15) is 0 Å². The zero-order valence-corrected chi connectivity index (χ0v) is 10.0. The fraction of sp³-hybridized carbons (Fsp3) is 0.308. The Bertz CT molecular complexity index is 525. The molecule has 1 heterocycles. The van der Waals surface area contributed by atoms with Crippen LogP contribution in [-0.4, -0.2) is 23.5 Å². The van der Waals surface area contributed by atoms with Gasteiger partial charge in [0.2, 0.25) is 11.5 Å². The lowest BCUT2D eigenvalue weighted by Crippen LogP contribution is -2.05. The Morgan fingerprint density at radius 1 is 1.44 bits per heavy atom. The maximum absolute atomic E-state index is 12.0. The topological polar surface area (TPSA) is 69.4 Å². The van der Waals surface area contributed by atoms with Crippen LogP contribution in [0.1, 0.15) is 40.8 Å². The molecule has 0 unspecified atom stereocenters. The van der Waals surface area contributed by atoms with Gasteiger partial charge in [-0.15, -0.1) is 0 Å². The lowest BCUT2D eigenvalue weighted by molar-refractivity contribution is 0.0514. The molecule has 0 spiro atoms. The Labute approximate surface area is 104 Å². The summed E-state index contributed by atoms with van der Waals surface area (Å²) in [5.74, 6) is -0.807. The first kappa shape index (κ1) is 12.3. The summed E-state index contributed by atoms with van der Waals surface area (Å²) < 4.78 is 9.64. The molecule has 5 nitrogen and oxygen atoms in total. The average molecular weight is 247 g/mol. The van der Waals surface area contributed by atoms with Crippen LogP contribution in [0.4, 0.5) is 0 Å². The van der Waals surface area contributed by atoms with Crippen molar-refractivity contribution in [3.63, 3.8) is 0 Å². The molecule has 0 aromatic carbocycles. The monoisotopic (exact) mass is 247 g/mol. The average Bonchev–Trinajstić information content (AvgIpc) is 2.89. The fourth-order valence-electron chi connectivity index (χ4n) is 1.61. The van der Waals surface area contributed by atoms with Crippen molar-refractivity contribution in [2.75, 3.05) is 6.61 Å². The highest BCUT2D eigenvalue weighted by atomic mass is 16.5. The number of rotatable bonds is 4. The van der Waals surface area contributed by atoms with E-state index >= 15 is 0 Å². The normalized spacial score (nSPS) is 14.2. The summed E-state index contributed by atoms with van der Waals surface area (Å²) in [5.41, 5.74) is 0.577. The fourth-order valence-corrected chi connectivity index (χ4v) is 1.61. The van der Waals surface area contributed by atoms with E-state index in [0.717, 1.165) is 12.8 Å². The van der Waals surface area contributed by atoms with Crippen LogP contribution in [0.5, 0.6) is 0 Å². The van der Waals surface area contributed by atoms with Crippen molar-refractivity contribution in [2.24, 2.45) is 0 Å². The van der Waals surface area contributed by atoms with Crippen LogP contribution in [0.25, 0.3) is 0 Å². The zero-order valence-electron chi connectivity index (χ0n) is 10.0. The molecular weight excluding hydrogens is 234 g/mol. The van der Waals surface area contributed by atoms with E-state index in [0.29, 0.717) is 5.57 Å². The molecule has 0 radical (unpaired) electrons. The second-order valence-electron chi connectivity index (χ2n) is 3.77. The van der Waals surface area contributed by atoms with Crippen LogP contribution in [0, 0.1) is 0 Å². The van der Waals surface area contributed by atoms with E-state index in [1.807, 2.05) is 12.2 Å². The maximum atomic E-state index is 12.0. The molecule has 18 heavy (non-hydrogen) atoms. The van der Waals surface area contributed by atoms with Crippen molar-refractivity contribution in [3.05, 3.63) is 41.3 Å². The van der Waals surface area contributed by atoms with Crippen LogP contribution in [0.15, 0.2) is 34.4 Å². The van der Waals surface area contributed by atoms with E-state index in [1.165, 1.54) is 6.07 Å². The third-order valence-corrected chi connectivity index (χ3v) is 2.48. The first-order valence-electron chi connectivity index (χ1n) is 5.77. The number of allylic oxidation sites excluding steroid dienone is 4. The smallest absolute Gasteiger partial charge is 0.360 e. The SMILES string of the molecule is CCOC(=O)c1cc(C(=O)C2=CCCC=C2)on1. The second kappa shape index (κ2) is 5.44. The molecule has 0 saturated carbocycles. The molecule has 5 heteroatoms. The lowest BCUT2D eigenvalue weighted by Gasteiger charge is -2.02. The molecule has 2 rings (SSSR count). The van der Waals surface area contributed by atoms with E-state index in [9.17, 15) is 9.59 Å². The van der Waals surface area contributed by atoms with E-state index in [-0.39, 0.29) is 23.8 Å². The van der Waals surface area contributed by atoms with Crippen molar-refractivity contribution >= 4 is 11.8 Å². The number of ether oxygens (including phenoxy) is 1. The van der Waals surface area contributed by atoms with Gasteiger partial charge in [-0.1, -0.05) is 23.4 Å². The van der Waals surface area contributed by atoms with Gasteiger partial charge in [-0.05, 0) is 19.8 Å². The number of hydrogen-bond donors (Lipinski definition) is 0. The predicted octanol–water partition coefficient (Wildman–Crippen LogP) is 2.31. The predicted molar refractivity (Wildman–Crippen MR) is 63.2 cm³/mol. The zero-order chi connectivity index (χ0) is 13.0. The summed E-state index contributed by atoms with van der Waals surface area (Å²) in [6.07, 6.45) is 7.28. The van der Waals surface area contributed by atoms with Crippen LogP contribution in [0.2, 0.25) is 0 Å². The minimum absolute atomic E-state index is 0.0144. The van der Waals surface area contributed by atoms with Crippen molar-refractivity contribution in [3.8, 4) is 0 Å². The number of carbonyl (C=O) groups excluding carboxylic acids is 2. The van der Waals surface area contributed by atoms with E-state index in [2.05, 4.69) is 5.16 Å². The summed E-state index contributed by atoms with van der Waals surface area (Å²) in [4.78, 5) is 23.4. The van der Waals surface area contributed by atoms with Gasteiger partial charge in [-0.25, -0.2) is 4.79 Å². The van der Waals surface area contributed by atoms with Crippen LogP contribution < -0.4 is 0 Å². The van der Waals surface area contributed by atoms with Crippen LogP contribution in [0.3, 0.4) is 0 Å². The molecule has 0 N–H and O–H groups in total. The summed E-state index contributed by atoms with van der Waals surface area (Å²) in [5, 5.41) is 3.53. The van der Waals surface area contributed by atoms with Gasteiger partial charge in [0, 0.05) is 11.6 Å². The molecule has 0 saturated heterocycles. The quantitative estimate of drug-likeness (QED) is 0.603. The molecule has 0 amide bonds. The molecule has 0 atom stereocenters. The Hall–Kier alpha value is -2.17. The molecule has 1 aromatic heterocycles. The van der Waals surface area contributed by atoms with E-state index in [4.69, 9.17) is 9.26 Å². The Morgan fingerprint density at radius 2 is 2.28 bits per heavy atom. The van der Waals surface area contributed by atoms with Crippen molar-refractivity contribution in [1.82, 2.24) is 5.16 Å². The first-order chi connectivity index (χ1) is 8.72. The van der Waals surface area contributed by atoms with E-state index < -0.39 is 5.97 Å². The molecule has 1 aromatic rings. The highest BCUT2D eigenvalue weighted by molar-refractivity contribution is 6.09. The van der Waals surface area contributed by atoms with Gasteiger partial charge in [-0.3, -0.25) is 4.79 Å². The summed E-state index contributed by atoms with van der Waals surface area (Å²) >= 11 is 0. The minimum atomic E-state index is -0.589. The Balaban J connectivity index is 2.15. The Morgan fingerprint density at radius 3 is 2.94 bits per heavy atom. The first-order valence-corrected chi connectivity index (χ1v) is 5.77. The molecule has 0 bridgehead atoms. The molecule has 94 valence electrons. The van der Waals surface area contributed by atoms with Gasteiger partial charge in [0.25, 0.3) is 0 Å². The van der Waals surface area contributed by atoms with Gasteiger partial charge in [0.1, 0.15) is 0 Å². The summed E-state index contributed by atoms with van der Waals surface area (Å²) in [7, 11) is 0. The van der Waals surface area contributed by atoms with Gasteiger partial charge < -0.3 is 9.26 Å². The summed E-state index contributed by atoms with van der Waals surface area (Å²) in [6.45, 7) is 1.95. The van der Waals surface area contributed by atoms with Crippen LogP contribution in [-0.2, 0) is 4.74 Å². The summed E-state index contributed by atoms with van der Waals surface area (Å²) in [6, 6.07) is 1.31. The lowest BCUT2D eigenvalue weighted by atomic mass is 10.0. The molecule has 0 aliphatic heterocycles. The van der Waals surface area contributed by atoms with E-state index in [1.54, 1.807) is 13.0 Å². The van der Waals surface area contributed by atoms with Crippen molar-refractivity contribution in [1.29, 1.82) is 0 Å². The number of carbonyl (C=O) groups is 2. The third-order valence-electron chi connectivity index (χ3n) is 2.48. The number of nitrogens with zero attached hydrogens (tertiary/aromatic N) is 1. The number of Topliss-reactive ketones (excluding diaryl/α,β-unsaturated/α-hetero) is 1. The number of esters is 1. The van der Waals surface area contributed by atoms with Crippen molar-refractivity contribution in [2.45, 2.75) is 19.8 Å². The third kappa shape index (κ3) is 2.56. The largest absolute Gasteiger partial charge is 0.461 e. The highest BCUT2D eigenvalue weighted by Crippen LogP contribution is 2.16.